The molecule has 63 heavy (non-hydrogen) atoms. The van der Waals surface area contributed by atoms with Crippen molar-refractivity contribution in [3.63, 3.8) is 0 Å². The fourth-order valence-corrected chi connectivity index (χ4v) is 8.12. The average Bonchev–Trinajstić information content (AvgIpc) is 3.88. The van der Waals surface area contributed by atoms with Gasteiger partial charge < -0.3 is 14.9 Å². The molecule has 1 atom stereocenters. The highest BCUT2D eigenvalue weighted by Gasteiger charge is 2.24. The fraction of sp³-hybridized carbons (Fsp3) is 0.519. The Morgan fingerprint density at radius 1 is 0.683 bits per heavy atom. The summed E-state index contributed by atoms with van der Waals surface area (Å²) in [6.45, 7) is 15.3. The van der Waals surface area contributed by atoms with E-state index in [-0.39, 0.29) is 23.6 Å². The molecular weight excluding hydrogens is 808 g/mol. The standard InChI is InChI=1S/C27H36ClN3O3.C25H35N3O/c1-5-6-7-8-9-10-15-34-25(32)14-11-19-16-21(27(2,3)4)26(33)24(17-19)31-29-22-13-12-20(28)18-23(22)30-31;1-4-5-6-7-8-9-10-11-14-20(3)21-17-19(2)18-24(25(21)29)28-26-22-15-12-13-16-23(22)27-28/h12-13,16-18,33H,5-11,14-15H2,1-4H3;12-13,15-18,20,29H,4-11,14H2,1-3H3. The molecule has 0 aliphatic carbocycles. The summed E-state index contributed by atoms with van der Waals surface area (Å²) in [4.78, 5) is 15.3. The van der Waals surface area contributed by atoms with Crippen LogP contribution in [0.3, 0.4) is 0 Å². The molecule has 0 radical (unpaired) electrons. The van der Waals surface area contributed by atoms with Crippen molar-refractivity contribution in [2.24, 2.45) is 0 Å². The minimum atomic E-state index is -0.303. The molecule has 6 aromatic rings. The topological polar surface area (TPSA) is 128 Å². The minimum absolute atomic E-state index is 0.133. The van der Waals surface area contributed by atoms with Crippen molar-refractivity contribution < 1.29 is 19.7 Å². The molecule has 1 unspecified atom stereocenters. The molecule has 0 aliphatic rings. The van der Waals surface area contributed by atoms with Crippen LogP contribution in [0.5, 0.6) is 11.5 Å². The lowest BCUT2D eigenvalue weighted by molar-refractivity contribution is -0.143. The largest absolute Gasteiger partial charge is 0.505 e. The second kappa shape index (κ2) is 24.2. The number of hydrogen-bond acceptors (Lipinski definition) is 8. The number of nitrogens with zero attached hydrogens (tertiary/aromatic N) is 6. The first-order valence-corrected chi connectivity index (χ1v) is 23.9. The highest BCUT2D eigenvalue weighted by atomic mass is 35.5. The van der Waals surface area contributed by atoms with Crippen LogP contribution in [0.15, 0.2) is 66.7 Å². The van der Waals surface area contributed by atoms with Crippen molar-refractivity contribution in [1.82, 2.24) is 30.0 Å². The third-order valence-corrected chi connectivity index (χ3v) is 11.9. The summed E-state index contributed by atoms with van der Waals surface area (Å²) in [6.07, 6.45) is 19.4. The van der Waals surface area contributed by atoms with Crippen molar-refractivity contribution in [3.05, 3.63) is 94.0 Å². The number of rotatable bonds is 22. The molecule has 0 bridgehead atoms. The van der Waals surface area contributed by atoms with E-state index >= 15 is 0 Å². The second-order valence-corrected chi connectivity index (χ2v) is 18.7. The van der Waals surface area contributed by atoms with E-state index in [4.69, 9.17) is 16.3 Å². The maximum atomic E-state index is 12.3. The fourth-order valence-electron chi connectivity index (χ4n) is 7.95. The summed E-state index contributed by atoms with van der Waals surface area (Å²) < 4.78 is 5.43. The molecule has 0 fully saturated rings. The number of hydrogen-bond donors (Lipinski definition) is 2. The Balaban J connectivity index is 0.000000240. The lowest BCUT2D eigenvalue weighted by Crippen LogP contribution is -2.14. The number of phenolic OH excluding ortho intramolecular Hbond substituents is 2. The second-order valence-electron chi connectivity index (χ2n) is 18.2. The van der Waals surface area contributed by atoms with Gasteiger partial charge in [0.1, 0.15) is 44.9 Å². The van der Waals surface area contributed by atoms with E-state index in [9.17, 15) is 15.0 Å². The lowest BCUT2D eigenvalue weighted by atomic mass is 9.84. The number of aromatic nitrogens is 6. The van der Waals surface area contributed by atoms with Gasteiger partial charge in [-0.2, -0.15) is 0 Å². The molecule has 0 aliphatic heterocycles. The summed E-state index contributed by atoms with van der Waals surface area (Å²) in [5.41, 5.74) is 7.67. The molecule has 0 spiro atoms. The number of carbonyl (C=O) groups excluding carboxylic acids is 1. The van der Waals surface area contributed by atoms with Gasteiger partial charge in [0, 0.05) is 17.0 Å². The minimum Gasteiger partial charge on any atom is -0.505 e. The van der Waals surface area contributed by atoms with Gasteiger partial charge in [0.05, 0.1) is 6.61 Å². The first kappa shape index (κ1) is 49.1. The highest BCUT2D eigenvalue weighted by molar-refractivity contribution is 6.31. The van der Waals surface area contributed by atoms with E-state index in [1.54, 1.807) is 23.0 Å². The molecule has 10 nitrogen and oxygen atoms in total. The Kier molecular flexibility index (Phi) is 18.8. The number of unbranched alkanes of at least 4 members (excludes halogenated alkanes) is 12. The van der Waals surface area contributed by atoms with Crippen molar-refractivity contribution >= 4 is 39.6 Å². The number of carbonyl (C=O) groups is 1. The zero-order valence-corrected chi connectivity index (χ0v) is 39.7. The predicted octanol–water partition coefficient (Wildman–Crippen LogP) is 14.0. The number of benzene rings is 4. The third-order valence-electron chi connectivity index (χ3n) is 11.7. The first-order chi connectivity index (χ1) is 30.3. The van der Waals surface area contributed by atoms with Crippen molar-refractivity contribution in [3.8, 4) is 22.9 Å². The number of phenols is 2. The summed E-state index contributed by atoms with van der Waals surface area (Å²) in [7, 11) is 0. The molecule has 6 rings (SSSR count). The number of esters is 1. The van der Waals surface area contributed by atoms with Gasteiger partial charge in [-0.25, -0.2) is 0 Å². The van der Waals surface area contributed by atoms with Crippen LogP contribution in [0.4, 0.5) is 0 Å². The zero-order chi connectivity index (χ0) is 45.4. The number of fused-ring (bicyclic) bond motifs is 2. The van der Waals surface area contributed by atoms with Gasteiger partial charge in [0.25, 0.3) is 0 Å². The van der Waals surface area contributed by atoms with Crippen LogP contribution in [-0.2, 0) is 21.4 Å². The summed E-state index contributed by atoms with van der Waals surface area (Å²) >= 11 is 6.09. The number of halogens is 1. The summed E-state index contributed by atoms with van der Waals surface area (Å²) in [5, 5.41) is 40.7. The Hall–Kier alpha value is -4.96. The van der Waals surface area contributed by atoms with E-state index in [2.05, 4.69) is 54.2 Å². The van der Waals surface area contributed by atoms with Crippen molar-refractivity contribution in [2.75, 3.05) is 6.61 Å². The van der Waals surface area contributed by atoms with E-state index in [1.165, 1.54) is 81.8 Å². The van der Waals surface area contributed by atoms with Crippen LogP contribution in [-0.4, -0.2) is 52.8 Å². The smallest absolute Gasteiger partial charge is 0.306 e. The van der Waals surface area contributed by atoms with Crippen LogP contribution in [0.25, 0.3) is 33.4 Å². The summed E-state index contributed by atoms with van der Waals surface area (Å²) in [6, 6.07) is 21.0. The average molecular weight is 880 g/mol. The molecule has 2 aromatic heterocycles. The lowest BCUT2D eigenvalue weighted by Gasteiger charge is -2.23. The molecule has 0 saturated carbocycles. The Morgan fingerprint density at radius 3 is 1.83 bits per heavy atom. The van der Waals surface area contributed by atoms with Gasteiger partial charge >= 0.3 is 5.97 Å². The van der Waals surface area contributed by atoms with E-state index in [0.29, 0.717) is 52.1 Å². The number of aromatic hydroxyl groups is 2. The molecule has 340 valence electrons. The molecule has 2 N–H and O–H groups in total. The van der Waals surface area contributed by atoms with Gasteiger partial charge in [-0.15, -0.1) is 30.0 Å². The molecular formula is C52H71ClN6O4. The van der Waals surface area contributed by atoms with E-state index < -0.39 is 0 Å². The quantitative estimate of drug-likeness (QED) is 0.0510. The SMILES string of the molecule is CCCCCCCCCCC(C)c1cc(C)cc(-n2nc3ccccc3n2)c1O.CCCCCCCCOC(=O)CCc1cc(-n2nc3ccc(Cl)cc3n2)c(O)c(C(C)(C)C)c1. The van der Waals surface area contributed by atoms with Crippen molar-refractivity contribution in [2.45, 2.75) is 169 Å². The molecule has 4 aromatic carbocycles. The zero-order valence-electron chi connectivity index (χ0n) is 38.9. The first-order valence-electron chi connectivity index (χ1n) is 23.5. The molecule has 0 amide bonds. The highest BCUT2D eigenvalue weighted by Crippen LogP contribution is 2.38. The Bertz CT molecular complexity index is 2330. The van der Waals surface area contributed by atoms with Crippen LogP contribution in [0.2, 0.25) is 5.02 Å². The van der Waals surface area contributed by atoms with Crippen LogP contribution in [0, 0.1) is 6.92 Å². The molecule has 0 saturated heterocycles. The van der Waals surface area contributed by atoms with Gasteiger partial charge in [0.15, 0.2) is 0 Å². The van der Waals surface area contributed by atoms with Crippen LogP contribution in [0.1, 0.15) is 172 Å². The number of aryl methyl sites for hydroxylation is 2. The normalized spacial score (nSPS) is 12.1. The molecule has 11 heteroatoms. The predicted molar refractivity (Wildman–Crippen MR) is 258 cm³/mol. The maximum absolute atomic E-state index is 12.3. The van der Waals surface area contributed by atoms with Gasteiger partial charge in [-0.3, -0.25) is 4.79 Å². The molecule has 2 heterocycles. The van der Waals surface area contributed by atoms with Crippen LogP contribution < -0.4 is 0 Å². The summed E-state index contributed by atoms with van der Waals surface area (Å²) in [5.74, 6) is 0.563. The van der Waals surface area contributed by atoms with Crippen molar-refractivity contribution in [1.29, 1.82) is 0 Å². The van der Waals surface area contributed by atoms with Gasteiger partial charge in [-0.05, 0) is 96.7 Å². The maximum Gasteiger partial charge on any atom is 0.306 e. The van der Waals surface area contributed by atoms with Gasteiger partial charge in [-0.1, -0.05) is 161 Å². The third kappa shape index (κ3) is 14.5. The number of ether oxygens (including phenoxy) is 1. The monoisotopic (exact) mass is 879 g/mol. The van der Waals surface area contributed by atoms with Crippen LogP contribution >= 0.6 is 11.6 Å². The Labute approximate surface area is 380 Å². The Morgan fingerprint density at radius 2 is 1.22 bits per heavy atom. The van der Waals surface area contributed by atoms with E-state index in [0.717, 1.165) is 52.5 Å². The van der Waals surface area contributed by atoms with E-state index in [1.807, 2.05) is 63.2 Å². The van der Waals surface area contributed by atoms with Gasteiger partial charge in [0.2, 0.25) is 0 Å².